The number of nitrogens with zero attached hydrogens (tertiary/aromatic N) is 3. The monoisotopic (exact) mass is 444 g/mol. The number of halogens is 4. The Balaban J connectivity index is 0.00000484. The molecule has 132 valence electrons. The highest BCUT2D eigenvalue weighted by atomic mass is 127. The Labute approximate surface area is 152 Å². The summed E-state index contributed by atoms with van der Waals surface area (Å²) in [6.45, 7) is 0.309. The van der Waals surface area contributed by atoms with Crippen LogP contribution in [0.15, 0.2) is 35.3 Å². The lowest BCUT2D eigenvalue weighted by Gasteiger charge is -2.21. The van der Waals surface area contributed by atoms with Crippen molar-refractivity contribution in [1.82, 2.24) is 15.1 Å². The zero-order valence-electron chi connectivity index (χ0n) is 13.6. The fourth-order valence-electron chi connectivity index (χ4n) is 1.85. The highest BCUT2D eigenvalue weighted by Gasteiger charge is 2.28. The van der Waals surface area contributed by atoms with E-state index in [0.717, 1.165) is 5.56 Å². The first-order valence-electron chi connectivity index (χ1n) is 7.03. The summed E-state index contributed by atoms with van der Waals surface area (Å²) in [5, 5.41) is 3.07. The Morgan fingerprint density at radius 2 is 1.74 bits per heavy atom. The number of nitrogens with one attached hydrogen (secondary N) is 1. The van der Waals surface area contributed by atoms with Crippen LogP contribution in [-0.2, 0) is 6.54 Å². The number of likely N-dealkylation sites (N-methyl/N-ethyl adjacent to an activating group) is 1. The lowest BCUT2D eigenvalue weighted by atomic mass is 10.2. The molecule has 1 aromatic rings. The molecule has 0 fully saturated rings. The molecule has 0 radical (unpaired) electrons. The average Bonchev–Trinajstić information content (AvgIpc) is 2.41. The summed E-state index contributed by atoms with van der Waals surface area (Å²) >= 11 is 0. The summed E-state index contributed by atoms with van der Waals surface area (Å²) in [6, 6.07) is 9.79. The second kappa shape index (κ2) is 10.7. The molecule has 0 aromatic heterocycles. The first kappa shape index (κ1) is 22.0. The van der Waals surface area contributed by atoms with Gasteiger partial charge in [0.25, 0.3) is 0 Å². The van der Waals surface area contributed by atoms with Crippen molar-refractivity contribution in [2.45, 2.75) is 12.7 Å². The molecule has 1 aromatic carbocycles. The molecule has 0 aliphatic carbocycles. The van der Waals surface area contributed by atoms with Crippen molar-refractivity contribution in [3.63, 3.8) is 0 Å². The van der Waals surface area contributed by atoms with E-state index in [-0.39, 0.29) is 30.5 Å². The van der Waals surface area contributed by atoms with Gasteiger partial charge < -0.3 is 10.2 Å². The van der Waals surface area contributed by atoms with Gasteiger partial charge in [-0.15, -0.1) is 24.0 Å². The molecular weight excluding hydrogens is 420 g/mol. The number of aliphatic imine (C=N–C) groups is 1. The number of rotatable bonds is 6. The van der Waals surface area contributed by atoms with E-state index in [1.54, 1.807) is 0 Å². The molecule has 0 bridgehead atoms. The lowest BCUT2D eigenvalue weighted by molar-refractivity contribution is -0.142. The highest BCUT2D eigenvalue weighted by molar-refractivity contribution is 14.0. The molecule has 0 aliphatic heterocycles. The number of alkyl halides is 3. The van der Waals surface area contributed by atoms with Crippen LogP contribution < -0.4 is 5.32 Å². The second-order valence-corrected chi connectivity index (χ2v) is 5.30. The van der Waals surface area contributed by atoms with Crippen LogP contribution in [0.1, 0.15) is 5.56 Å². The second-order valence-electron chi connectivity index (χ2n) is 5.30. The molecule has 0 heterocycles. The summed E-state index contributed by atoms with van der Waals surface area (Å²) in [5.74, 6) is 0.657. The zero-order chi connectivity index (χ0) is 16.6. The van der Waals surface area contributed by atoms with Crippen LogP contribution in [0.3, 0.4) is 0 Å². The smallest absolute Gasteiger partial charge is 0.355 e. The summed E-state index contributed by atoms with van der Waals surface area (Å²) in [4.78, 5) is 7.50. The van der Waals surface area contributed by atoms with Gasteiger partial charge in [-0.2, -0.15) is 13.2 Å². The molecule has 1 rings (SSSR count). The van der Waals surface area contributed by atoms with Gasteiger partial charge in [0, 0.05) is 27.2 Å². The zero-order valence-corrected chi connectivity index (χ0v) is 15.9. The van der Waals surface area contributed by atoms with E-state index in [1.165, 1.54) is 11.9 Å². The molecule has 1 N–H and O–H groups in total. The fraction of sp³-hybridized carbons (Fsp3) is 0.533. The van der Waals surface area contributed by atoms with Gasteiger partial charge in [0.2, 0.25) is 0 Å². The molecule has 0 atom stereocenters. The average molecular weight is 444 g/mol. The molecule has 0 amide bonds. The third-order valence-corrected chi connectivity index (χ3v) is 2.90. The van der Waals surface area contributed by atoms with Crippen LogP contribution in [0.25, 0.3) is 0 Å². The van der Waals surface area contributed by atoms with Gasteiger partial charge in [-0.3, -0.25) is 4.90 Å². The van der Waals surface area contributed by atoms with Gasteiger partial charge >= 0.3 is 6.18 Å². The van der Waals surface area contributed by atoms with Gasteiger partial charge in [0.05, 0.1) is 13.1 Å². The minimum absolute atomic E-state index is 0. The number of hydrogen-bond acceptors (Lipinski definition) is 2. The Morgan fingerprint density at radius 1 is 1.13 bits per heavy atom. The van der Waals surface area contributed by atoms with Gasteiger partial charge in [0.1, 0.15) is 0 Å². The van der Waals surface area contributed by atoms with Gasteiger partial charge in [0.15, 0.2) is 5.96 Å². The van der Waals surface area contributed by atoms with Crippen molar-refractivity contribution >= 4 is 29.9 Å². The van der Waals surface area contributed by atoms with E-state index >= 15 is 0 Å². The van der Waals surface area contributed by atoms with Crippen molar-refractivity contribution < 1.29 is 13.2 Å². The van der Waals surface area contributed by atoms with Crippen LogP contribution in [0.4, 0.5) is 13.2 Å². The molecule has 8 heteroatoms. The van der Waals surface area contributed by atoms with Crippen LogP contribution in [0.5, 0.6) is 0 Å². The van der Waals surface area contributed by atoms with E-state index in [2.05, 4.69) is 10.3 Å². The Morgan fingerprint density at radius 3 is 2.26 bits per heavy atom. The van der Waals surface area contributed by atoms with Gasteiger partial charge in [-0.1, -0.05) is 30.3 Å². The first-order chi connectivity index (χ1) is 10.3. The third-order valence-electron chi connectivity index (χ3n) is 2.90. The SMILES string of the molecule is CN(CCNC(=NCc1ccccc1)N(C)C)CC(F)(F)F.I. The standard InChI is InChI=1S/C15H23F3N4.HI/c1-21(2)14(20-11-13-7-5-4-6-8-13)19-9-10-22(3)12-15(16,17)18;/h4-8H,9-12H2,1-3H3,(H,19,20);1H. The maximum atomic E-state index is 12.2. The maximum absolute atomic E-state index is 12.2. The minimum atomic E-state index is -4.17. The summed E-state index contributed by atoms with van der Waals surface area (Å²) < 4.78 is 36.7. The molecule has 4 nitrogen and oxygen atoms in total. The molecule has 0 unspecified atom stereocenters. The number of benzene rings is 1. The van der Waals surface area contributed by atoms with E-state index in [0.29, 0.717) is 19.0 Å². The van der Waals surface area contributed by atoms with Gasteiger partial charge in [-0.25, -0.2) is 4.99 Å². The Bertz CT molecular complexity index is 464. The minimum Gasteiger partial charge on any atom is -0.355 e. The van der Waals surface area contributed by atoms with E-state index < -0.39 is 12.7 Å². The predicted octanol–water partition coefficient (Wildman–Crippen LogP) is 2.81. The van der Waals surface area contributed by atoms with E-state index in [1.807, 2.05) is 49.3 Å². The summed E-state index contributed by atoms with van der Waals surface area (Å²) in [7, 11) is 5.14. The Kier molecular flexibility index (Phi) is 10.2. The van der Waals surface area contributed by atoms with Gasteiger partial charge in [-0.05, 0) is 12.6 Å². The number of guanidine groups is 1. The molecule has 0 saturated heterocycles. The quantitative estimate of drug-likeness (QED) is 0.416. The van der Waals surface area contributed by atoms with Crippen LogP contribution in [0.2, 0.25) is 0 Å². The summed E-state index contributed by atoms with van der Waals surface area (Å²) in [6.07, 6.45) is -4.17. The molecular formula is C15H24F3IN4. The van der Waals surface area contributed by atoms with Crippen LogP contribution in [-0.4, -0.2) is 62.7 Å². The van der Waals surface area contributed by atoms with Crippen LogP contribution >= 0.6 is 24.0 Å². The number of hydrogen-bond donors (Lipinski definition) is 1. The maximum Gasteiger partial charge on any atom is 0.401 e. The highest BCUT2D eigenvalue weighted by Crippen LogP contribution is 2.14. The van der Waals surface area contributed by atoms with E-state index in [4.69, 9.17) is 0 Å². The largest absolute Gasteiger partial charge is 0.401 e. The Hall–Kier alpha value is -1.03. The molecule has 0 aliphatic rings. The molecule has 0 spiro atoms. The van der Waals surface area contributed by atoms with Crippen molar-refractivity contribution in [2.75, 3.05) is 40.8 Å². The van der Waals surface area contributed by atoms with Crippen molar-refractivity contribution in [3.8, 4) is 0 Å². The van der Waals surface area contributed by atoms with Crippen molar-refractivity contribution in [2.24, 2.45) is 4.99 Å². The fourth-order valence-corrected chi connectivity index (χ4v) is 1.85. The van der Waals surface area contributed by atoms with Crippen molar-refractivity contribution in [3.05, 3.63) is 35.9 Å². The molecule has 0 saturated carbocycles. The van der Waals surface area contributed by atoms with E-state index in [9.17, 15) is 13.2 Å². The van der Waals surface area contributed by atoms with Crippen LogP contribution in [0, 0.1) is 0 Å². The van der Waals surface area contributed by atoms with Crippen molar-refractivity contribution in [1.29, 1.82) is 0 Å². The molecule has 23 heavy (non-hydrogen) atoms. The predicted molar refractivity (Wildman–Crippen MR) is 98.2 cm³/mol. The first-order valence-corrected chi connectivity index (χ1v) is 7.03. The lowest BCUT2D eigenvalue weighted by Crippen LogP contribution is -2.42. The topological polar surface area (TPSA) is 30.9 Å². The third kappa shape index (κ3) is 10.4. The normalized spacial score (nSPS) is 12.0. The summed E-state index contributed by atoms with van der Waals surface area (Å²) in [5.41, 5.74) is 1.08.